The number of hydrogen-bond donors (Lipinski definition) is 2. The van der Waals surface area contributed by atoms with Crippen LogP contribution in [0.4, 0.5) is 11.8 Å². The van der Waals surface area contributed by atoms with Crippen LogP contribution in [-0.4, -0.2) is 36.1 Å². The molecule has 1 rings (SSSR count). The van der Waals surface area contributed by atoms with Gasteiger partial charge in [0.05, 0.1) is 7.11 Å². The number of nitrogens with one attached hydrogen (secondary N) is 2. The summed E-state index contributed by atoms with van der Waals surface area (Å²) in [5.74, 6) is 0.798. The third kappa shape index (κ3) is 2.82. The molecule has 0 saturated carbocycles. The van der Waals surface area contributed by atoms with Crippen molar-refractivity contribution in [3.05, 3.63) is 11.8 Å². The van der Waals surface area contributed by atoms with Crippen molar-refractivity contribution in [3.63, 3.8) is 0 Å². The lowest BCUT2D eigenvalue weighted by molar-refractivity contribution is -0.141. The van der Waals surface area contributed by atoms with Crippen molar-refractivity contribution in [2.45, 2.75) is 19.9 Å². The van der Waals surface area contributed by atoms with E-state index in [2.05, 4.69) is 25.3 Å². The predicted molar refractivity (Wildman–Crippen MR) is 61.4 cm³/mol. The maximum Gasteiger partial charge on any atom is 0.328 e. The average Bonchev–Trinajstić information content (AvgIpc) is 2.30. The first-order valence-corrected chi connectivity index (χ1v) is 4.94. The molecule has 1 aromatic rings. The first-order chi connectivity index (χ1) is 7.58. The summed E-state index contributed by atoms with van der Waals surface area (Å²) in [4.78, 5) is 19.5. The molecule has 0 fully saturated rings. The molecule has 6 heteroatoms. The summed E-state index contributed by atoms with van der Waals surface area (Å²) in [6.07, 6.45) is 1.69. The molecule has 0 radical (unpaired) electrons. The molecule has 0 aliphatic carbocycles. The van der Waals surface area contributed by atoms with E-state index in [0.717, 1.165) is 5.56 Å². The van der Waals surface area contributed by atoms with Crippen LogP contribution in [0.3, 0.4) is 0 Å². The minimum atomic E-state index is -0.441. The highest BCUT2D eigenvalue weighted by molar-refractivity contribution is 5.78. The summed E-state index contributed by atoms with van der Waals surface area (Å²) in [6.45, 7) is 3.58. The number of methoxy groups -OCH3 is 1. The van der Waals surface area contributed by atoms with Gasteiger partial charge < -0.3 is 15.4 Å². The second-order valence-electron chi connectivity index (χ2n) is 3.36. The van der Waals surface area contributed by atoms with E-state index >= 15 is 0 Å². The van der Waals surface area contributed by atoms with Gasteiger partial charge in [0.15, 0.2) is 0 Å². The van der Waals surface area contributed by atoms with Crippen molar-refractivity contribution in [2.75, 3.05) is 24.8 Å². The number of carbonyl (C=O) groups is 1. The van der Waals surface area contributed by atoms with Gasteiger partial charge >= 0.3 is 5.97 Å². The summed E-state index contributed by atoms with van der Waals surface area (Å²) in [5.41, 5.74) is 0.870. The number of ether oxygens (including phenoxy) is 1. The van der Waals surface area contributed by atoms with Crippen LogP contribution in [0.25, 0.3) is 0 Å². The summed E-state index contributed by atoms with van der Waals surface area (Å²) >= 11 is 0. The van der Waals surface area contributed by atoms with Crippen LogP contribution in [0.15, 0.2) is 6.20 Å². The summed E-state index contributed by atoms with van der Waals surface area (Å²) in [7, 11) is 3.09. The monoisotopic (exact) mass is 224 g/mol. The molecular weight excluding hydrogens is 208 g/mol. The fourth-order valence-electron chi connectivity index (χ4n) is 1.15. The summed E-state index contributed by atoms with van der Waals surface area (Å²) in [5, 5.41) is 5.80. The van der Waals surface area contributed by atoms with Crippen molar-refractivity contribution < 1.29 is 9.53 Å². The second kappa shape index (κ2) is 5.29. The van der Waals surface area contributed by atoms with Crippen LogP contribution in [0.1, 0.15) is 12.5 Å². The van der Waals surface area contributed by atoms with E-state index in [1.54, 1.807) is 20.2 Å². The highest BCUT2D eigenvalue weighted by Gasteiger charge is 2.14. The molecule has 88 valence electrons. The third-order valence-electron chi connectivity index (χ3n) is 2.10. The van der Waals surface area contributed by atoms with Crippen LogP contribution in [-0.2, 0) is 9.53 Å². The zero-order chi connectivity index (χ0) is 12.1. The van der Waals surface area contributed by atoms with Crippen LogP contribution in [0.5, 0.6) is 0 Å². The van der Waals surface area contributed by atoms with Gasteiger partial charge in [0.25, 0.3) is 0 Å². The van der Waals surface area contributed by atoms with Crippen molar-refractivity contribution in [2.24, 2.45) is 0 Å². The van der Waals surface area contributed by atoms with Gasteiger partial charge in [-0.2, -0.15) is 4.98 Å². The van der Waals surface area contributed by atoms with E-state index < -0.39 is 6.04 Å². The Morgan fingerprint density at radius 2 is 2.25 bits per heavy atom. The fraction of sp³-hybridized carbons (Fsp3) is 0.500. The van der Waals surface area contributed by atoms with Gasteiger partial charge in [0.2, 0.25) is 5.95 Å². The minimum absolute atomic E-state index is 0.330. The molecule has 6 nitrogen and oxygen atoms in total. The van der Waals surface area contributed by atoms with Crippen LogP contribution in [0.2, 0.25) is 0 Å². The van der Waals surface area contributed by atoms with Crippen LogP contribution >= 0.6 is 0 Å². The molecule has 16 heavy (non-hydrogen) atoms. The normalized spacial score (nSPS) is 11.8. The first kappa shape index (κ1) is 12.2. The molecule has 1 atom stereocenters. The van der Waals surface area contributed by atoms with Crippen molar-refractivity contribution >= 4 is 17.7 Å². The van der Waals surface area contributed by atoms with Gasteiger partial charge in [0.1, 0.15) is 11.9 Å². The van der Waals surface area contributed by atoms with Gasteiger partial charge in [0, 0.05) is 18.8 Å². The van der Waals surface area contributed by atoms with E-state index in [0.29, 0.717) is 11.8 Å². The number of aromatic nitrogens is 2. The zero-order valence-corrected chi connectivity index (χ0v) is 9.87. The van der Waals surface area contributed by atoms with E-state index in [1.807, 2.05) is 6.92 Å². The maximum atomic E-state index is 11.2. The number of anilines is 2. The Morgan fingerprint density at radius 3 is 2.81 bits per heavy atom. The number of hydrogen-bond acceptors (Lipinski definition) is 6. The Kier molecular flexibility index (Phi) is 4.04. The topological polar surface area (TPSA) is 76.1 Å². The largest absolute Gasteiger partial charge is 0.467 e. The van der Waals surface area contributed by atoms with Gasteiger partial charge in [-0.25, -0.2) is 9.78 Å². The SMILES string of the molecule is CNc1ncc(C)c(NC(C)C(=O)OC)n1. The molecule has 0 amide bonds. The molecule has 1 unspecified atom stereocenters. The van der Waals surface area contributed by atoms with Crippen molar-refractivity contribution in [1.82, 2.24) is 9.97 Å². The van der Waals surface area contributed by atoms with E-state index in [-0.39, 0.29) is 5.97 Å². The van der Waals surface area contributed by atoms with Crippen molar-refractivity contribution in [3.8, 4) is 0 Å². The Hall–Kier alpha value is -1.85. The highest BCUT2D eigenvalue weighted by atomic mass is 16.5. The number of esters is 1. The van der Waals surface area contributed by atoms with E-state index in [4.69, 9.17) is 0 Å². The smallest absolute Gasteiger partial charge is 0.328 e. The molecular formula is C10H16N4O2. The van der Waals surface area contributed by atoms with Crippen molar-refractivity contribution in [1.29, 1.82) is 0 Å². The average molecular weight is 224 g/mol. The summed E-state index contributed by atoms with van der Waals surface area (Å²) < 4.78 is 4.62. The lowest BCUT2D eigenvalue weighted by Gasteiger charge is -2.14. The number of carbonyl (C=O) groups excluding carboxylic acids is 1. The third-order valence-corrected chi connectivity index (χ3v) is 2.10. The molecule has 1 heterocycles. The molecule has 1 aromatic heterocycles. The van der Waals surface area contributed by atoms with Gasteiger partial charge in [-0.3, -0.25) is 0 Å². The van der Waals surface area contributed by atoms with Gasteiger partial charge in [-0.05, 0) is 13.8 Å². The minimum Gasteiger partial charge on any atom is -0.467 e. The second-order valence-corrected chi connectivity index (χ2v) is 3.36. The van der Waals surface area contributed by atoms with Gasteiger partial charge in [-0.1, -0.05) is 0 Å². The Labute approximate surface area is 94.4 Å². The fourth-order valence-corrected chi connectivity index (χ4v) is 1.15. The van der Waals surface area contributed by atoms with Crippen LogP contribution < -0.4 is 10.6 Å². The van der Waals surface area contributed by atoms with Crippen LogP contribution in [0, 0.1) is 6.92 Å². The first-order valence-electron chi connectivity index (χ1n) is 4.94. The number of nitrogens with zero attached hydrogens (tertiary/aromatic N) is 2. The molecule has 0 aromatic carbocycles. The number of aryl methyl sites for hydroxylation is 1. The standard InChI is InChI=1S/C10H16N4O2/c1-6-5-12-10(11-3)14-8(6)13-7(2)9(15)16-4/h5,7H,1-4H3,(H2,11,12,13,14). The Balaban J connectivity index is 2.83. The van der Waals surface area contributed by atoms with E-state index in [9.17, 15) is 4.79 Å². The van der Waals surface area contributed by atoms with E-state index in [1.165, 1.54) is 7.11 Å². The lowest BCUT2D eigenvalue weighted by Crippen LogP contribution is -2.28. The molecule has 0 aliphatic heterocycles. The Morgan fingerprint density at radius 1 is 1.56 bits per heavy atom. The molecule has 0 spiro atoms. The summed E-state index contributed by atoms with van der Waals surface area (Å²) in [6, 6.07) is -0.441. The maximum absolute atomic E-state index is 11.2. The number of rotatable bonds is 4. The molecule has 0 bridgehead atoms. The molecule has 0 saturated heterocycles. The zero-order valence-electron chi connectivity index (χ0n) is 9.87. The molecule has 0 aliphatic rings. The van der Waals surface area contributed by atoms with Gasteiger partial charge in [-0.15, -0.1) is 0 Å². The quantitative estimate of drug-likeness (QED) is 0.737. The molecule has 2 N–H and O–H groups in total. The highest BCUT2D eigenvalue weighted by Crippen LogP contribution is 2.13. The lowest BCUT2D eigenvalue weighted by atomic mass is 10.3. The Bertz CT molecular complexity index is 381. The predicted octanol–water partition coefficient (Wildman–Crippen LogP) is 0.800.